The summed E-state index contributed by atoms with van der Waals surface area (Å²) in [6.45, 7) is 2.42. The number of carbonyl (C=O) groups is 1. The molecule has 0 unspecified atom stereocenters. The van der Waals surface area contributed by atoms with Gasteiger partial charge in [-0.1, -0.05) is 0 Å². The zero-order valence-electron chi connectivity index (χ0n) is 13.3. The van der Waals surface area contributed by atoms with Crippen LogP contribution in [0.1, 0.15) is 6.92 Å². The molecule has 0 radical (unpaired) electrons. The molecule has 8 heteroatoms. The molecule has 1 heterocycles. The summed E-state index contributed by atoms with van der Waals surface area (Å²) in [5, 5.41) is 8.97. The minimum Gasteiger partial charge on any atom is -0.494 e. The second-order valence-electron chi connectivity index (χ2n) is 5.61. The normalized spacial score (nSPS) is 21.7. The van der Waals surface area contributed by atoms with Crippen molar-refractivity contribution in [2.24, 2.45) is 11.8 Å². The van der Waals surface area contributed by atoms with Crippen molar-refractivity contribution in [1.82, 2.24) is 4.90 Å². The fraction of sp³-hybridized carbons (Fsp3) is 0.562. The second kappa shape index (κ2) is 7.74. The molecule has 2 rings (SSSR count). The van der Waals surface area contributed by atoms with E-state index in [0.717, 1.165) is 0 Å². The van der Waals surface area contributed by atoms with Gasteiger partial charge in [-0.2, -0.15) is 13.2 Å². The van der Waals surface area contributed by atoms with Crippen LogP contribution in [0, 0.1) is 11.8 Å². The lowest BCUT2D eigenvalue weighted by Gasteiger charge is -2.18. The van der Waals surface area contributed by atoms with Gasteiger partial charge in [0, 0.05) is 19.6 Å². The third kappa shape index (κ3) is 4.77. The van der Waals surface area contributed by atoms with Crippen molar-refractivity contribution in [3.8, 4) is 11.5 Å². The van der Waals surface area contributed by atoms with Gasteiger partial charge in [-0.15, -0.1) is 0 Å². The minimum atomic E-state index is -4.51. The van der Waals surface area contributed by atoms with Crippen LogP contribution in [-0.2, 0) is 4.79 Å². The van der Waals surface area contributed by atoms with E-state index in [1.165, 1.54) is 4.90 Å². The molecular weight excluding hydrogens is 327 g/mol. The molecule has 1 aliphatic rings. The van der Waals surface area contributed by atoms with Crippen LogP contribution in [0.3, 0.4) is 0 Å². The summed E-state index contributed by atoms with van der Waals surface area (Å²) in [5.74, 6) is -3.37. The van der Waals surface area contributed by atoms with Crippen molar-refractivity contribution in [3.63, 3.8) is 0 Å². The number of rotatable bonds is 7. The zero-order valence-corrected chi connectivity index (χ0v) is 13.3. The number of likely N-dealkylation sites (tertiary alicyclic amines) is 1. The molecule has 0 spiro atoms. The summed E-state index contributed by atoms with van der Waals surface area (Å²) < 4.78 is 49.5. The average molecular weight is 347 g/mol. The van der Waals surface area contributed by atoms with Crippen LogP contribution in [0.15, 0.2) is 24.3 Å². The molecule has 1 fully saturated rings. The van der Waals surface area contributed by atoms with Gasteiger partial charge < -0.3 is 14.6 Å². The van der Waals surface area contributed by atoms with E-state index in [2.05, 4.69) is 0 Å². The SMILES string of the molecule is CCOc1ccc(OCCN2C[C@@H](C(F)(F)F)[C@H](C(=O)O)C2)cc1. The van der Waals surface area contributed by atoms with Crippen molar-refractivity contribution in [2.45, 2.75) is 13.1 Å². The molecule has 134 valence electrons. The Morgan fingerprint density at radius 2 is 1.79 bits per heavy atom. The number of carboxylic acids is 1. The number of benzene rings is 1. The summed E-state index contributed by atoms with van der Waals surface area (Å²) in [6, 6.07) is 6.92. The highest BCUT2D eigenvalue weighted by Crippen LogP contribution is 2.37. The molecule has 1 saturated heterocycles. The van der Waals surface area contributed by atoms with E-state index < -0.39 is 24.0 Å². The Kier molecular flexibility index (Phi) is 5.93. The fourth-order valence-electron chi connectivity index (χ4n) is 2.74. The van der Waals surface area contributed by atoms with E-state index in [4.69, 9.17) is 14.6 Å². The lowest BCUT2D eigenvalue weighted by Crippen LogP contribution is -2.33. The Morgan fingerprint density at radius 3 is 2.25 bits per heavy atom. The van der Waals surface area contributed by atoms with Crippen LogP contribution in [0.5, 0.6) is 11.5 Å². The molecule has 0 aliphatic carbocycles. The summed E-state index contributed by atoms with van der Waals surface area (Å²) in [7, 11) is 0. The van der Waals surface area contributed by atoms with Gasteiger partial charge in [-0.05, 0) is 31.2 Å². The number of alkyl halides is 3. The molecule has 0 aromatic heterocycles. The van der Waals surface area contributed by atoms with Crippen LogP contribution in [0.4, 0.5) is 13.2 Å². The highest BCUT2D eigenvalue weighted by Gasteiger charge is 2.52. The Bertz CT molecular complexity index is 547. The largest absolute Gasteiger partial charge is 0.494 e. The maximum Gasteiger partial charge on any atom is 0.393 e. The number of carboxylic acid groups (broad SMARTS) is 1. The van der Waals surface area contributed by atoms with Gasteiger partial charge in [0.05, 0.1) is 18.4 Å². The monoisotopic (exact) mass is 347 g/mol. The predicted molar refractivity (Wildman–Crippen MR) is 80.2 cm³/mol. The van der Waals surface area contributed by atoms with E-state index in [1.807, 2.05) is 6.92 Å². The van der Waals surface area contributed by atoms with Gasteiger partial charge in [0.2, 0.25) is 0 Å². The van der Waals surface area contributed by atoms with Gasteiger partial charge in [-0.3, -0.25) is 9.69 Å². The van der Waals surface area contributed by atoms with E-state index in [0.29, 0.717) is 18.1 Å². The smallest absolute Gasteiger partial charge is 0.393 e. The minimum absolute atomic E-state index is 0.119. The van der Waals surface area contributed by atoms with Crippen LogP contribution in [0.25, 0.3) is 0 Å². The highest BCUT2D eigenvalue weighted by molar-refractivity contribution is 5.71. The predicted octanol–water partition coefficient (Wildman–Crippen LogP) is 2.66. The first-order valence-electron chi connectivity index (χ1n) is 7.68. The Labute approximate surface area is 138 Å². The lowest BCUT2D eigenvalue weighted by atomic mass is 9.96. The van der Waals surface area contributed by atoms with Gasteiger partial charge in [0.1, 0.15) is 18.1 Å². The van der Waals surface area contributed by atoms with E-state index in [1.54, 1.807) is 24.3 Å². The molecule has 2 atom stereocenters. The third-order valence-electron chi connectivity index (χ3n) is 3.94. The second-order valence-corrected chi connectivity index (χ2v) is 5.61. The summed E-state index contributed by atoms with van der Waals surface area (Å²) in [6.07, 6.45) is -4.51. The molecule has 0 amide bonds. The van der Waals surface area contributed by atoms with Crippen molar-refractivity contribution < 1.29 is 32.5 Å². The Hall–Kier alpha value is -1.96. The van der Waals surface area contributed by atoms with E-state index in [-0.39, 0.29) is 26.2 Å². The molecule has 24 heavy (non-hydrogen) atoms. The maximum atomic E-state index is 12.9. The first-order valence-corrected chi connectivity index (χ1v) is 7.68. The first kappa shape index (κ1) is 18.4. The Morgan fingerprint density at radius 1 is 1.21 bits per heavy atom. The van der Waals surface area contributed by atoms with Crippen molar-refractivity contribution >= 4 is 5.97 Å². The van der Waals surface area contributed by atoms with Crippen molar-refractivity contribution in [3.05, 3.63) is 24.3 Å². The molecule has 1 N–H and O–H groups in total. The van der Waals surface area contributed by atoms with Gasteiger partial charge in [0.25, 0.3) is 0 Å². The highest BCUT2D eigenvalue weighted by atomic mass is 19.4. The zero-order chi connectivity index (χ0) is 17.7. The number of aliphatic carboxylic acids is 1. The molecule has 1 aromatic carbocycles. The van der Waals surface area contributed by atoms with Crippen LogP contribution < -0.4 is 9.47 Å². The fourth-order valence-corrected chi connectivity index (χ4v) is 2.74. The van der Waals surface area contributed by atoms with Gasteiger partial charge >= 0.3 is 12.1 Å². The van der Waals surface area contributed by atoms with Crippen LogP contribution in [-0.4, -0.2) is 55.0 Å². The van der Waals surface area contributed by atoms with Crippen molar-refractivity contribution in [2.75, 3.05) is 32.8 Å². The topological polar surface area (TPSA) is 59.0 Å². The summed E-state index contributed by atoms with van der Waals surface area (Å²) in [4.78, 5) is 12.5. The first-order chi connectivity index (χ1) is 11.3. The maximum absolute atomic E-state index is 12.9. The standard InChI is InChI=1S/C16H20F3NO4/c1-2-23-11-3-5-12(6-4-11)24-8-7-20-9-13(15(21)22)14(10-20)16(17,18)19/h3-6,13-14H,2,7-10H2,1H3,(H,21,22)/t13-,14-/m1/s1. The molecule has 1 aliphatic heterocycles. The van der Waals surface area contributed by atoms with Gasteiger partial charge in [0.15, 0.2) is 0 Å². The van der Waals surface area contributed by atoms with Crippen LogP contribution in [0.2, 0.25) is 0 Å². The van der Waals surface area contributed by atoms with Crippen LogP contribution >= 0.6 is 0 Å². The van der Waals surface area contributed by atoms with E-state index in [9.17, 15) is 18.0 Å². The molecule has 1 aromatic rings. The summed E-state index contributed by atoms with van der Waals surface area (Å²) in [5.41, 5.74) is 0. The molecule has 0 saturated carbocycles. The number of hydrogen-bond acceptors (Lipinski definition) is 4. The van der Waals surface area contributed by atoms with Crippen molar-refractivity contribution in [1.29, 1.82) is 0 Å². The quantitative estimate of drug-likeness (QED) is 0.822. The number of nitrogens with zero attached hydrogens (tertiary/aromatic N) is 1. The summed E-state index contributed by atoms with van der Waals surface area (Å²) >= 11 is 0. The number of ether oxygens (including phenoxy) is 2. The van der Waals surface area contributed by atoms with Gasteiger partial charge in [-0.25, -0.2) is 0 Å². The average Bonchev–Trinajstić information content (AvgIpc) is 2.94. The number of halogens is 3. The number of hydrogen-bond donors (Lipinski definition) is 1. The molecular formula is C16H20F3NO4. The third-order valence-corrected chi connectivity index (χ3v) is 3.94. The van der Waals surface area contributed by atoms with E-state index >= 15 is 0 Å². The Balaban J connectivity index is 1.83. The molecule has 5 nitrogen and oxygen atoms in total. The molecule has 0 bridgehead atoms. The lowest BCUT2D eigenvalue weighted by molar-refractivity contribution is -0.188.